The monoisotopic (exact) mass is 246 g/mol. The predicted octanol–water partition coefficient (Wildman–Crippen LogP) is 1.98. The Morgan fingerprint density at radius 2 is 2.40 bits per heavy atom. The van der Waals surface area contributed by atoms with E-state index >= 15 is 0 Å². The fourth-order valence-corrected chi connectivity index (χ4v) is 3.06. The van der Waals surface area contributed by atoms with E-state index in [1.807, 2.05) is 12.3 Å². The SMILES string of the molecule is CC(C)NC(C)(CO)CSc1nccs1. The molecule has 15 heavy (non-hydrogen) atoms. The third-order valence-corrected chi connectivity index (χ3v) is 4.25. The van der Waals surface area contributed by atoms with E-state index in [2.05, 4.69) is 24.1 Å². The Morgan fingerprint density at radius 1 is 1.67 bits per heavy atom. The number of nitrogens with zero attached hydrogens (tertiary/aromatic N) is 1. The summed E-state index contributed by atoms with van der Waals surface area (Å²) in [6.45, 7) is 6.35. The first-order valence-corrected chi connectivity index (χ1v) is 6.83. The van der Waals surface area contributed by atoms with E-state index in [9.17, 15) is 5.11 Å². The Morgan fingerprint density at radius 3 is 2.87 bits per heavy atom. The molecule has 0 fully saturated rings. The van der Waals surface area contributed by atoms with Crippen LogP contribution in [0.5, 0.6) is 0 Å². The van der Waals surface area contributed by atoms with E-state index in [4.69, 9.17) is 0 Å². The lowest BCUT2D eigenvalue weighted by Crippen LogP contribution is -2.51. The van der Waals surface area contributed by atoms with E-state index < -0.39 is 0 Å². The smallest absolute Gasteiger partial charge is 0.149 e. The van der Waals surface area contributed by atoms with Gasteiger partial charge in [0.25, 0.3) is 0 Å². The Labute approximate surface area is 99.3 Å². The first-order valence-electron chi connectivity index (χ1n) is 4.96. The molecule has 0 aliphatic rings. The van der Waals surface area contributed by atoms with E-state index in [1.165, 1.54) is 0 Å². The van der Waals surface area contributed by atoms with Crippen LogP contribution >= 0.6 is 23.1 Å². The second-order valence-corrected chi connectivity index (χ2v) is 6.22. The number of rotatable bonds is 6. The van der Waals surface area contributed by atoms with E-state index in [1.54, 1.807) is 29.3 Å². The van der Waals surface area contributed by atoms with Gasteiger partial charge in [-0.05, 0) is 6.92 Å². The quantitative estimate of drug-likeness (QED) is 0.754. The molecule has 1 heterocycles. The summed E-state index contributed by atoms with van der Waals surface area (Å²) in [5.74, 6) is 0.829. The van der Waals surface area contributed by atoms with Crippen molar-refractivity contribution in [1.29, 1.82) is 0 Å². The van der Waals surface area contributed by atoms with Crippen LogP contribution in [0.3, 0.4) is 0 Å². The van der Waals surface area contributed by atoms with Crippen molar-refractivity contribution in [3.05, 3.63) is 11.6 Å². The van der Waals surface area contributed by atoms with Crippen LogP contribution in [-0.2, 0) is 0 Å². The molecule has 3 nitrogen and oxygen atoms in total. The molecule has 1 rings (SSSR count). The standard InChI is InChI=1S/C10H18N2OS2/c1-8(2)12-10(3,6-13)7-15-9-11-4-5-14-9/h4-5,8,12-13H,6-7H2,1-3H3. The molecule has 1 atom stereocenters. The summed E-state index contributed by atoms with van der Waals surface area (Å²) in [5, 5.41) is 14.7. The van der Waals surface area contributed by atoms with Crippen LogP contribution in [0.25, 0.3) is 0 Å². The molecule has 2 N–H and O–H groups in total. The molecule has 0 radical (unpaired) electrons. The number of thiazole rings is 1. The molecule has 0 aliphatic carbocycles. The van der Waals surface area contributed by atoms with Crippen molar-refractivity contribution in [3.8, 4) is 0 Å². The first-order chi connectivity index (χ1) is 7.06. The zero-order valence-electron chi connectivity index (χ0n) is 9.36. The highest BCUT2D eigenvalue weighted by Crippen LogP contribution is 2.24. The summed E-state index contributed by atoms with van der Waals surface area (Å²) >= 11 is 3.32. The lowest BCUT2D eigenvalue weighted by atomic mass is 10.1. The van der Waals surface area contributed by atoms with Gasteiger partial charge in [-0.2, -0.15) is 0 Å². The molecule has 1 unspecified atom stereocenters. The minimum atomic E-state index is -0.232. The highest BCUT2D eigenvalue weighted by molar-refractivity contribution is 8.01. The maximum Gasteiger partial charge on any atom is 0.149 e. The second kappa shape index (κ2) is 5.84. The van der Waals surface area contributed by atoms with Crippen LogP contribution in [0.2, 0.25) is 0 Å². The van der Waals surface area contributed by atoms with Gasteiger partial charge in [0.2, 0.25) is 0 Å². The Bertz CT molecular complexity index is 277. The summed E-state index contributed by atoms with van der Waals surface area (Å²) in [6, 6.07) is 0.374. The van der Waals surface area contributed by atoms with E-state index in [0.717, 1.165) is 10.1 Å². The van der Waals surface area contributed by atoms with Crippen molar-refractivity contribution in [2.24, 2.45) is 0 Å². The third-order valence-electron chi connectivity index (χ3n) is 1.91. The fraction of sp³-hybridized carbons (Fsp3) is 0.700. The van der Waals surface area contributed by atoms with Gasteiger partial charge in [0.05, 0.1) is 6.61 Å². The van der Waals surface area contributed by atoms with Crippen LogP contribution in [0.1, 0.15) is 20.8 Å². The van der Waals surface area contributed by atoms with E-state index in [-0.39, 0.29) is 12.1 Å². The predicted molar refractivity (Wildman–Crippen MR) is 66.6 cm³/mol. The number of hydrogen-bond donors (Lipinski definition) is 2. The summed E-state index contributed by atoms with van der Waals surface area (Å²) in [6.07, 6.45) is 1.80. The molecule has 0 saturated heterocycles. The third kappa shape index (κ3) is 4.51. The molecule has 0 aromatic carbocycles. The molecule has 1 aromatic rings. The molecule has 0 bridgehead atoms. The van der Waals surface area contributed by atoms with Crippen LogP contribution < -0.4 is 5.32 Å². The molecular formula is C10H18N2OS2. The van der Waals surface area contributed by atoms with Crippen molar-refractivity contribution < 1.29 is 5.11 Å². The van der Waals surface area contributed by atoms with Gasteiger partial charge in [-0.3, -0.25) is 0 Å². The summed E-state index contributed by atoms with van der Waals surface area (Å²) in [7, 11) is 0. The van der Waals surface area contributed by atoms with Gasteiger partial charge < -0.3 is 10.4 Å². The fourth-order valence-electron chi connectivity index (χ4n) is 1.33. The number of aromatic nitrogens is 1. The number of aliphatic hydroxyl groups excluding tert-OH is 1. The Kier molecular flexibility index (Phi) is 5.05. The van der Waals surface area contributed by atoms with Crippen molar-refractivity contribution in [1.82, 2.24) is 10.3 Å². The molecule has 1 aromatic heterocycles. The van der Waals surface area contributed by atoms with Crippen LogP contribution in [0.15, 0.2) is 15.9 Å². The number of hydrogen-bond acceptors (Lipinski definition) is 5. The molecule has 5 heteroatoms. The van der Waals surface area contributed by atoms with E-state index in [0.29, 0.717) is 6.04 Å². The lowest BCUT2D eigenvalue weighted by Gasteiger charge is -2.30. The number of aliphatic hydroxyl groups is 1. The first kappa shape index (κ1) is 13.0. The summed E-state index contributed by atoms with van der Waals surface area (Å²) < 4.78 is 1.06. The van der Waals surface area contributed by atoms with Gasteiger partial charge in [0.15, 0.2) is 0 Å². The summed E-state index contributed by atoms with van der Waals surface area (Å²) in [5.41, 5.74) is -0.232. The molecule has 0 spiro atoms. The van der Waals surface area contributed by atoms with Crippen molar-refractivity contribution in [3.63, 3.8) is 0 Å². The Hall–Kier alpha value is -0.100. The molecular weight excluding hydrogens is 228 g/mol. The van der Waals surface area contributed by atoms with Gasteiger partial charge in [-0.15, -0.1) is 11.3 Å². The molecule has 0 saturated carbocycles. The number of thioether (sulfide) groups is 1. The minimum absolute atomic E-state index is 0.142. The topological polar surface area (TPSA) is 45.1 Å². The number of nitrogens with one attached hydrogen (secondary N) is 1. The normalized spacial score (nSPS) is 15.5. The average molecular weight is 246 g/mol. The van der Waals surface area contributed by atoms with Crippen molar-refractivity contribution in [2.75, 3.05) is 12.4 Å². The van der Waals surface area contributed by atoms with Crippen LogP contribution in [-0.4, -0.2) is 34.0 Å². The molecule has 0 amide bonds. The van der Waals surface area contributed by atoms with Crippen LogP contribution in [0, 0.1) is 0 Å². The van der Waals surface area contributed by atoms with Crippen molar-refractivity contribution in [2.45, 2.75) is 36.7 Å². The van der Waals surface area contributed by atoms with Crippen LogP contribution in [0.4, 0.5) is 0 Å². The van der Waals surface area contributed by atoms with Crippen molar-refractivity contribution >= 4 is 23.1 Å². The maximum atomic E-state index is 9.37. The zero-order valence-corrected chi connectivity index (χ0v) is 11.0. The Balaban J connectivity index is 2.45. The van der Waals surface area contributed by atoms with Gasteiger partial charge in [0, 0.05) is 28.9 Å². The molecule has 0 aliphatic heterocycles. The second-order valence-electron chi connectivity index (χ2n) is 4.10. The van der Waals surface area contributed by atoms with Gasteiger partial charge in [-0.1, -0.05) is 25.6 Å². The zero-order chi connectivity index (χ0) is 11.3. The maximum absolute atomic E-state index is 9.37. The minimum Gasteiger partial charge on any atom is -0.394 e. The van der Waals surface area contributed by atoms with Gasteiger partial charge in [0.1, 0.15) is 4.34 Å². The van der Waals surface area contributed by atoms with Gasteiger partial charge in [-0.25, -0.2) is 4.98 Å². The van der Waals surface area contributed by atoms with Gasteiger partial charge >= 0.3 is 0 Å². The molecule has 86 valence electrons. The summed E-state index contributed by atoms with van der Waals surface area (Å²) in [4.78, 5) is 4.20. The average Bonchev–Trinajstić information content (AvgIpc) is 2.66. The largest absolute Gasteiger partial charge is 0.394 e. The highest BCUT2D eigenvalue weighted by atomic mass is 32.2. The lowest BCUT2D eigenvalue weighted by molar-refractivity contribution is 0.183. The highest BCUT2D eigenvalue weighted by Gasteiger charge is 2.24.